The van der Waals surface area contributed by atoms with Gasteiger partial charge >= 0.3 is 0 Å². The Kier molecular flexibility index (Phi) is 5.44. The standard InChI is InChI=1S/C13H19N3O/c1-4-17-9-13(10(2)3)16-12-6-5-11(7-14)15-8-12/h5-6,8,10,13,16H,4,9H2,1-3H3. The molecule has 0 aromatic carbocycles. The number of anilines is 1. The van der Waals surface area contributed by atoms with Crippen LogP contribution in [0.5, 0.6) is 0 Å². The summed E-state index contributed by atoms with van der Waals surface area (Å²) in [6, 6.07) is 5.83. The van der Waals surface area contributed by atoms with Gasteiger partial charge in [-0.15, -0.1) is 0 Å². The van der Waals surface area contributed by atoms with E-state index in [0.717, 1.165) is 12.3 Å². The number of pyridine rings is 1. The van der Waals surface area contributed by atoms with Gasteiger partial charge in [-0.25, -0.2) is 4.98 Å². The molecule has 0 saturated heterocycles. The summed E-state index contributed by atoms with van der Waals surface area (Å²) in [5.74, 6) is 0.470. The lowest BCUT2D eigenvalue weighted by Gasteiger charge is -2.23. The fraction of sp³-hybridized carbons (Fsp3) is 0.538. The van der Waals surface area contributed by atoms with Gasteiger partial charge in [-0.05, 0) is 25.0 Å². The molecule has 92 valence electrons. The first-order chi connectivity index (χ1) is 8.17. The van der Waals surface area contributed by atoms with E-state index in [2.05, 4.69) is 24.1 Å². The number of nitrogens with zero attached hydrogens (tertiary/aromatic N) is 2. The Balaban J connectivity index is 2.62. The first-order valence-electron chi connectivity index (χ1n) is 5.87. The van der Waals surface area contributed by atoms with E-state index in [-0.39, 0.29) is 6.04 Å². The summed E-state index contributed by atoms with van der Waals surface area (Å²) in [4.78, 5) is 4.03. The molecular weight excluding hydrogens is 214 g/mol. The van der Waals surface area contributed by atoms with E-state index in [0.29, 0.717) is 18.2 Å². The molecule has 0 amide bonds. The molecule has 0 fully saturated rings. The summed E-state index contributed by atoms with van der Waals surface area (Å²) in [5.41, 5.74) is 1.35. The summed E-state index contributed by atoms with van der Waals surface area (Å²) in [7, 11) is 0. The quantitative estimate of drug-likeness (QED) is 0.819. The molecule has 0 aliphatic heterocycles. The Bertz CT molecular complexity index is 367. The van der Waals surface area contributed by atoms with Crippen molar-refractivity contribution in [3.63, 3.8) is 0 Å². The van der Waals surface area contributed by atoms with Gasteiger partial charge in [0.2, 0.25) is 0 Å². The van der Waals surface area contributed by atoms with Crippen LogP contribution in [0.4, 0.5) is 5.69 Å². The average Bonchev–Trinajstić information content (AvgIpc) is 2.35. The predicted octanol–water partition coefficient (Wildman–Crippen LogP) is 2.43. The van der Waals surface area contributed by atoms with Crippen LogP contribution in [-0.4, -0.2) is 24.2 Å². The van der Waals surface area contributed by atoms with Crippen molar-refractivity contribution >= 4 is 5.69 Å². The van der Waals surface area contributed by atoms with Gasteiger partial charge in [-0.2, -0.15) is 5.26 Å². The minimum atomic E-state index is 0.254. The molecule has 0 saturated carbocycles. The molecule has 1 heterocycles. The summed E-state index contributed by atoms with van der Waals surface area (Å²) in [5, 5.41) is 12.0. The van der Waals surface area contributed by atoms with Crippen molar-refractivity contribution in [2.75, 3.05) is 18.5 Å². The van der Waals surface area contributed by atoms with Gasteiger partial charge in [-0.1, -0.05) is 13.8 Å². The van der Waals surface area contributed by atoms with Gasteiger partial charge in [0.1, 0.15) is 11.8 Å². The maximum absolute atomic E-state index is 8.66. The molecule has 0 spiro atoms. The molecule has 1 atom stereocenters. The van der Waals surface area contributed by atoms with E-state index in [9.17, 15) is 0 Å². The minimum Gasteiger partial charge on any atom is -0.380 e. The van der Waals surface area contributed by atoms with E-state index in [1.54, 1.807) is 12.3 Å². The molecule has 1 aromatic rings. The number of rotatable bonds is 6. The maximum Gasteiger partial charge on any atom is 0.140 e. The molecule has 17 heavy (non-hydrogen) atoms. The molecular formula is C13H19N3O. The second-order valence-electron chi connectivity index (χ2n) is 4.20. The van der Waals surface area contributed by atoms with Crippen LogP contribution in [-0.2, 0) is 4.74 Å². The van der Waals surface area contributed by atoms with E-state index < -0.39 is 0 Å². The van der Waals surface area contributed by atoms with Crippen molar-refractivity contribution in [2.45, 2.75) is 26.8 Å². The topological polar surface area (TPSA) is 57.9 Å². The highest BCUT2D eigenvalue weighted by molar-refractivity contribution is 5.43. The predicted molar refractivity (Wildman–Crippen MR) is 67.7 cm³/mol. The molecule has 4 heteroatoms. The van der Waals surface area contributed by atoms with Crippen LogP contribution in [0.2, 0.25) is 0 Å². The van der Waals surface area contributed by atoms with E-state index >= 15 is 0 Å². The average molecular weight is 233 g/mol. The van der Waals surface area contributed by atoms with Crippen molar-refractivity contribution in [3.05, 3.63) is 24.0 Å². The van der Waals surface area contributed by atoms with Crippen molar-refractivity contribution in [1.29, 1.82) is 5.26 Å². The van der Waals surface area contributed by atoms with Crippen molar-refractivity contribution in [2.24, 2.45) is 5.92 Å². The highest BCUT2D eigenvalue weighted by Crippen LogP contribution is 2.12. The molecule has 1 unspecified atom stereocenters. The fourth-order valence-electron chi connectivity index (χ4n) is 1.41. The van der Waals surface area contributed by atoms with Gasteiger partial charge in [0.05, 0.1) is 24.5 Å². The molecule has 0 aliphatic carbocycles. The Hall–Kier alpha value is -1.60. The third-order valence-corrected chi connectivity index (χ3v) is 2.54. The SMILES string of the molecule is CCOCC(Nc1ccc(C#N)nc1)C(C)C. The van der Waals surface area contributed by atoms with E-state index in [1.807, 2.05) is 19.1 Å². The van der Waals surface area contributed by atoms with Crippen LogP contribution in [0.15, 0.2) is 18.3 Å². The molecule has 0 aliphatic rings. The van der Waals surface area contributed by atoms with Gasteiger partial charge in [0, 0.05) is 6.61 Å². The van der Waals surface area contributed by atoms with E-state index in [1.165, 1.54) is 0 Å². The van der Waals surface area contributed by atoms with Crippen molar-refractivity contribution in [3.8, 4) is 6.07 Å². The maximum atomic E-state index is 8.66. The lowest BCUT2D eigenvalue weighted by Crippen LogP contribution is -2.31. The highest BCUT2D eigenvalue weighted by atomic mass is 16.5. The molecule has 1 rings (SSSR count). The third kappa shape index (κ3) is 4.41. The molecule has 0 bridgehead atoms. The number of ether oxygens (including phenoxy) is 1. The number of aromatic nitrogens is 1. The number of nitrogens with one attached hydrogen (secondary N) is 1. The summed E-state index contributed by atoms with van der Waals surface area (Å²) >= 11 is 0. The number of hydrogen-bond acceptors (Lipinski definition) is 4. The van der Waals surface area contributed by atoms with Gasteiger partial charge in [0.15, 0.2) is 0 Å². The summed E-state index contributed by atoms with van der Waals surface area (Å²) in [6.45, 7) is 7.67. The summed E-state index contributed by atoms with van der Waals surface area (Å²) < 4.78 is 5.44. The van der Waals surface area contributed by atoms with Crippen LogP contribution < -0.4 is 5.32 Å². The largest absolute Gasteiger partial charge is 0.380 e. The monoisotopic (exact) mass is 233 g/mol. The Morgan fingerprint density at radius 2 is 2.24 bits per heavy atom. The van der Waals surface area contributed by atoms with Crippen LogP contribution in [0.1, 0.15) is 26.5 Å². The first kappa shape index (κ1) is 13.5. The lowest BCUT2D eigenvalue weighted by molar-refractivity contribution is 0.127. The molecule has 4 nitrogen and oxygen atoms in total. The van der Waals surface area contributed by atoms with Gasteiger partial charge in [0.25, 0.3) is 0 Å². The molecule has 1 aromatic heterocycles. The van der Waals surface area contributed by atoms with Gasteiger partial charge < -0.3 is 10.1 Å². The highest BCUT2D eigenvalue weighted by Gasteiger charge is 2.13. The number of hydrogen-bond donors (Lipinski definition) is 1. The van der Waals surface area contributed by atoms with Crippen LogP contribution in [0, 0.1) is 17.2 Å². The Labute approximate surface area is 103 Å². The van der Waals surface area contributed by atoms with Gasteiger partial charge in [-0.3, -0.25) is 0 Å². The Morgan fingerprint density at radius 3 is 2.71 bits per heavy atom. The zero-order valence-corrected chi connectivity index (χ0v) is 10.6. The first-order valence-corrected chi connectivity index (χ1v) is 5.87. The lowest BCUT2D eigenvalue weighted by atomic mass is 10.1. The third-order valence-electron chi connectivity index (χ3n) is 2.54. The molecule has 1 N–H and O–H groups in total. The zero-order chi connectivity index (χ0) is 12.7. The van der Waals surface area contributed by atoms with Crippen LogP contribution in [0.25, 0.3) is 0 Å². The van der Waals surface area contributed by atoms with Crippen LogP contribution in [0.3, 0.4) is 0 Å². The fourth-order valence-corrected chi connectivity index (χ4v) is 1.41. The minimum absolute atomic E-state index is 0.254. The summed E-state index contributed by atoms with van der Waals surface area (Å²) in [6.07, 6.45) is 1.68. The van der Waals surface area contributed by atoms with Crippen LogP contribution >= 0.6 is 0 Å². The Morgan fingerprint density at radius 1 is 1.47 bits per heavy atom. The number of nitriles is 1. The van der Waals surface area contributed by atoms with Crippen molar-refractivity contribution < 1.29 is 4.74 Å². The smallest absolute Gasteiger partial charge is 0.140 e. The molecule has 0 radical (unpaired) electrons. The normalized spacial score (nSPS) is 12.2. The zero-order valence-electron chi connectivity index (χ0n) is 10.6. The second kappa shape index (κ2) is 6.87. The second-order valence-corrected chi connectivity index (χ2v) is 4.20. The van der Waals surface area contributed by atoms with Crippen molar-refractivity contribution in [1.82, 2.24) is 4.98 Å². The van der Waals surface area contributed by atoms with E-state index in [4.69, 9.17) is 10.00 Å².